The van der Waals surface area contributed by atoms with Crippen molar-refractivity contribution in [3.05, 3.63) is 18.1 Å². The van der Waals surface area contributed by atoms with E-state index in [0.717, 1.165) is 18.5 Å². The van der Waals surface area contributed by atoms with E-state index in [1.165, 1.54) is 25.7 Å². The van der Waals surface area contributed by atoms with Crippen molar-refractivity contribution in [3.8, 4) is 0 Å². The molecule has 84 valence electrons. The van der Waals surface area contributed by atoms with Crippen molar-refractivity contribution < 1.29 is 0 Å². The van der Waals surface area contributed by atoms with E-state index in [1.807, 2.05) is 0 Å². The Morgan fingerprint density at radius 1 is 1.13 bits per heavy atom. The van der Waals surface area contributed by atoms with Gasteiger partial charge in [-0.05, 0) is 12.8 Å². The number of hydrogen-bond acceptors (Lipinski definition) is 4. The van der Waals surface area contributed by atoms with Gasteiger partial charge in [0.05, 0.1) is 5.69 Å². The summed E-state index contributed by atoms with van der Waals surface area (Å²) < 4.78 is 0. The van der Waals surface area contributed by atoms with E-state index in [9.17, 15) is 0 Å². The maximum Gasteiger partial charge on any atom is 0.161 e. The van der Waals surface area contributed by atoms with E-state index in [-0.39, 0.29) is 0 Å². The number of unbranched alkanes of at least 4 members (excludes halogenated alkanes) is 4. The van der Waals surface area contributed by atoms with Crippen LogP contribution in [-0.2, 0) is 6.42 Å². The summed E-state index contributed by atoms with van der Waals surface area (Å²) in [5.41, 5.74) is 3.54. The highest BCUT2D eigenvalue weighted by Crippen LogP contribution is 2.11. The first-order valence-corrected chi connectivity index (χ1v) is 5.65. The van der Waals surface area contributed by atoms with Crippen LogP contribution in [0.1, 0.15) is 44.7 Å². The molecule has 0 aliphatic rings. The second kappa shape index (κ2) is 7.17. The molecule has 1 aromatic heterocycles. The van der Waals surface area contributed by atoms with Gasteiger partial charge >= 0.3 is 0 Å². The summed E-state index contributed by atoms with van der Waals surface area (Å²) in [6.07, 6.45) is 10.6. The third kappa shape index (κ3) is 4.25. The molecule has 0 saturated heterocycles. The summed E-state index contributed by atoms with van der Waals surface area (Å²) in [6, 6.07) is 0. The molecule has 0 amide bonds. The van der Waals surface area contributed by atoms with Crippen LogP contribution >= 0.6 is 0 Å². The smallest absolute Gasteiger partial charge is 0.161 e. The highest BCUT2D eigenvalue weighted by atomic mass is 15.3. The first-order valence-electron chi connectivity index (χ1n) is 5.65. The number of nitrogens with zero attached hydrogens (tertiary/aromatic N) is 2. The zero-order valence-electron chi connectivity index (χ0n) is 9.37. The van der Waals surface area contributed by atoms with Crippen molar-refractivity contribution >= 4 is 5.82 Å². The van der Waals surface area contributed by atoms with E-state index in [0.29, 0.717) is 5.82 Å². The Morgan fingerprint density at radius 2 is 1.87 bits per heavy atom. The van der Waals surface area contributed by atoms with Crippen LogP contribution in [0.3, 0.4) is 0 Å². The van der Waals surface area contributed by atoms with Crippen LogP contribution < -0.4 is 11.3 Å². The lowest BCUT2D eigenvalue weighted by molar-refractivity contribution is 0.628. The van der Waals surface area contributed by atoms with Crippen molar-refractivity contribution in [1.82, 2.24) is 9.97 Å². The van der Waals surface area contributed by atoms with Gasteiger partial charge in [0.25, 0.3) is 0 Å². The van der Waals surface area contributed by atoms with E-state index in [4.69, 9.17) is 5.84 Å². The number of aromatic nitrogens is 2. The average molecular weight is 208 g/mol. The Kier molecular flexibility index (Phi) is 5.70. The lowest BCUT2D eigenvalue weighted by atomic mass is 10.1. The molecule has 0 spiro atoms. The first-order chi connectivity index (χ1) is 7.38. The number of aryl methyl sites for hydroxylation is 1. The van der Waals surface area contributed by atoms with Crippen LogP contribution in [0.15, 0.2) is 12.4 Å². The van der Waals surface area contributed by atoms with Gasteiger partial charge in [-0.15, -0.1) is 0 Å². The number of nitrogens with two attached hydrogens (primary N) is 1. The van der Waals surface area contributed by atoms with E-state index < -0.39 is 0 Å². The van der Waals surface area contributed by atoms with Crippen molar-refractivity contribution in [3.63, 3.8) is 0 Å². The Balaban J connectivity index is 2.30. The third-order valence-electron chi connectivity index (χ3n) is 2.43. The van der Waals surface area contributed by atoms with Gasteiger partial charge in [-0.25, -0.2) is 10.8 Å². The number of hydrazine groups is 1. The topological polar surface area (TPSA) is 63.8 Å². The van der Waals surface area contributed by atoms with Crippen molar-refractivity contribution in [2.24, 2.45) is 5.84 Å². The second-order valence-electron chi connectivity index (χ2n) is 3.66. The molecule has 1 rings (SSSR count). The minimum Gasteiger partial charge on any atom is -0.307 e. The van der Waals surface area contributed by atoms with Crippen LogP contribution in [0.2, 0.25) is 0 Å². The average Bonchev–Trinajstić information content (AvgIpc) is 2.29. The van der Waals surface area contributed by atoms with Crippen molar-refractivity contribution in [2.45, 2.75) is 45.4 Å². The van der Waals surface area contributed by atoms with Crippen LogP contribution in [0.25, 0.3) is 0 Å². The third-order valence-corrected chi connectivity index (χ3v) is 2.43. The molecule has 0 radical (unpaired) electrons. The lowest BCUT2D eigenvalue weighted by Crippen LogP contribution is -2.12. The maximum atomic E-state index is 5.35. The molecule has 0 bridgehead atoms. The molecule has 3 N–H and O–H groups in total. The Labute approximate surface area is 91.3 Å². The minimum absolute atomic E-state index is 0.702. The van der Waals surface area contributed by atoms with Crippen LogP contribution in [0.4, 0.5) is 5.82 Å². The molecule has 0 atom stereocenters. The standard InChI is InChI=1S/C11H20N4/c1-2-3-4-5-6-7-10-11(15-12)14-9-8-13-10/h8-9H,2-7,12H2,1H3,(H,14,15). The van der Waals surface area contributed by atoms with Crippen LogP contribution in [-0.4, -0.2) is 9.97 Å². The molecule has 0 unspecified atom stereocenters. The molecule has 0 fully saturated rings. The van der Waals surface area contributed by atoms with E-state index in [2.05, 4.69) is 22.3 Å². The zero-order chi connectivity index (χ0) is 10.9. The van der Waals surface area contributed by atoms with Crippen molar-refractivity contribution in [1.29, 1.82) is 0 Å². The van der Waals surface area contributed by atoms with Gasteiger partial charge < -0.3 is 5.43 Å². The van der Waals surface area contributed by atoms with Gasteiger partial charge in [-0.3, -0.25) is 4.98 Å². The molecular formula is C11H20N4. The Hall–Kier alpha value is -1.16. The second-order valence-corrected chi connectivity index (χ2v) is 3.66. The summed E-state index contributed by atoms with van der Waals surface area (Å²) >= 11 is 0. The molecule has 0 aliphatic carbocycles. The van der Waals surface area contributed by atoms with Gasteiger partial charge in [0.15, 0.2) is 5.82 Å². The number of anilines is 1. The fourth-order valence-corrected chi connectivity index (χ4v) is 1.57. The molecule has 0 aliphatic heterocycles. The number of rotatable bonds is 7. The van der Waals surface area contributed by atoms with Crippen LogP contribution in [0.5, 0.6) is 0 Å². The Morgan fingerprint density at radius 3 is 2.60 bits per heavy atom. The van der Waals surface area contributed by atoms with E-state index in [1.54, 1.807) is 12.4 Å². The molecular weight excluding hydrogens is 188 g/mol. The lowest BCUT2D eigenvalue weighted by Gasteiger charge is -2.05. The predicted molar refractivity (Wildman–Crippen MR) is 62.3 cm³/mol. The van der Waals surface area contributed by atoms with Gasteiger partial charge in [0.1, 0.15) is 0 Å². The monoisotopic (exact) mass is 208 g/mol. The SMILES string of the molecule is CCCCCCCc1nccnc1NN. The van der Waals surface area contributed by atoms with Gasteiger partial charge in [0, 0.05) is 12.4 Å². The largest absolute Gasteiger partial charge is 0.307 e. The Bertz CT molecular complexity index is 275. The van der Waals surface area contributed by atoms with Gasteiger partial charge in [-0.1, -0.05) is 32.6 Å². The predicted octanol–water partition coefficient (Wildman–Crippen LogP) is 2.28. The normalized spacial score (nSPS) is 10.3. The molecule has 4 heteroatoms. The number of nitrogens with one attached hydrogen (secondary N) is 1. The summed E-state index contributed by atoms with van der Waals surface area (Å²) in [4.78, 5) is 8.38. The first kappa shape index (κ1) is 11.9. The number of nitrogen functional groups attached to an aromatic ring is 1. The zero-order valence-corrected chi connectivity index (χ0v) is 9.37. The summed E-state index contributed by atoms with van der Waals surface area (Å²) in [7, 11) is 0. The van der Waals surface area contributed by atoms with E-state index >= 15 is 0 Å². The van der Waals surface area contributed by atoms with Gasteiger partial charge in [-0.2, -0.15) is 0 Å². The van der Waals surface area contributed by atoms with Crippen molar-refractivity contribution in [2.75, 3.05) is 5.43 Å². The molecule has 1 heterocycles. The number of hydrogen-bond donors (Lipinski definition) is 2. The molecule has 0 aromatic carbocycles. The molecule has 15 heavy (non-hydrogen) atoms. The molecule has 1 aromatic rings. The molecule has 4 nitrogen and oxygen atoms in total. The minimum atomic E-state index is 0.702. The summed E-state index contributed by atoms with van der Waals surface area (Å²) in [5, 5.41) is 0. The molecule has 0 saturated carbocycles. The quantitative estimate of drug-likeness (QED) is 0.410. The van der Waals surface area contributed by atoms with Crippen LogP contribution in [0, 0.1) is 0 Å². The summed E-state index contributed by atoms with van der Waals surface area (Å²) in [5.74, 6) is 6.05. The fraction of sp³-hybridized carbons (Fsp3) is 0.636. The highest BCUT2D eigenvalue weighted by Gasteiger charge is 2.02. The highest BCUT2D eigenvalue weighted by molar-refractivity contribution is 5.37. The maximum absolute atomic E-state index is 5.35. The fourth-order valence-electron chi connectivity index (χ4n) is 1.57. The summed E-state index contributed by atoms with van der Waals surface area (Å²) in [6.45, 7) is 2.22. The van der Waals surface area contributed by atoms with Gasteiger partial charge in [0.2, 0.25) is 0 Å².